The molecular weight excluding hydrogens is 334 g/mol. The summed E-state index contributed by atoms with van der Waals surface area (Å²) in [6, 6.07) is 5.00. The van der Waals surface area contributed by atoms with E-state index in [9.17, 15) is 9.90 Å². The van der Waals surface area contributed by atoms with E-state index in [0.29, 0.717) is 36.6 Å². The minimum Gasteiger partial charge on any atom is -0.388 e. The van der Waals surface area contributed by atoms with E-state index in [1.54, 1.807) is 18.2 Å². The van der Waals surface area contributed by atoms with Gasteiger partial charge in [0.15, 0.2) is 0 Å². The van der Waals surface area contributed by atoms with Crippen molar-refractivity contribution in [3.63, 3.8) is 0 Å². The molecular formula is C13H15BrClNO3. The van der Waals surface area contributed by atoms with Crippen LogP contribution in [0.2, 0.25) is 5.02 Å². The molecule has 0 unspecified atom stereocenters. The van der Waals surface area contributed by atoms with E-state index in [4.69, 9.17) is 16.3 Å². The van der Waals surface area contributed by atoms with Crippen molar-refractivity contribution in [1.82, 2.24) is 5.32 Å². The molecule has 1 saturated heterocycles. The first-order chi connectivity index (χ1) is 8.98. The molecule has 104 valence electrons. The molecule has 0 atom stereocenters. The van der Waals surface area contributed by atoms with E-state index in [2.05, 4.69) is 21.2 Å². The summed E-state index contributed by atoms with van der Waals surface area (Å²) < 4.78 is 5.94. The van der Waals surface area contributed by atoms with E-state index >= 15 is 0 Å². The molecule has 0 radical (unpaired) electrons. The fourth-order valence-electron chi connectivity index (χ4n) is 1.96. The Morgan fingerprint density at radius 2 is 2.11 bits per heavy atom. The quantitative estimate of drug-likeness (QED) is 0.882. The average Bonchev–Trinajstić information content (AvgIpc) is 2.36. The van der Waals surface area contributed by atoms with Gasteiger partial charge in [0.05, 0.1) is 5.60 Å². The fraction of sp³-hybridized carbons (Fsp3) is 0.462. The van der Waals surface area contributed by atoms with Crippen LogP contribution in [0.5, 0.6) is 0 Å². The van der Waals surface area contributed by atoms with Crippen LogP contribution in [0.25, 0.3) is 0 Å². The second-order valence-corrected chi connectivity index (χ2v) is 6.03. The van der Waals surface area contributed by atoms with Gasteiger partial charge in [0.2, 0.25) is 0 Å². The molecule has 0 saturated carbocycles. The maximum absolute atomic E-state index is 12.0. The van der Waals surface area contributed by atoms with Crippen LogP contribution in [0.15, 0.2) is 22.7 Å². The monoisotopic (exact) mass is 347 g/mol. The highest BCUT2D eigenvalue weighted by Gasteiger charge is 2.30. The molecule has 1 fully saturated rings. The molecule has 1 aromatic carbocycles. The van der Waals surface area contributed by atoms with Gasteiger partial charge in [-0.1, -0.05) is 27.5 Å². The third kappa shape index (κ3) is 4.18. The topological polar surface area (TPSA) is 58.6 Å². The Bertz CT molecular complexity index is 455. The molecule has 1 aromatic rings. The SMILES string of the molecule is O=C(NCC1(O)CCOCC1)c1cc(Cl)cc(Br)c1. The van der Waals surface area contributed by atoms with E-state index in [1.807, 2.05) is 0 Å². The van der Waals surface area contributed by atoms with Gasteiger partial charge in [0.1, 0.15) is 0 Å². The summed E-state index contributed by atoms with van der Waals surface area (Å²) in [6.45, 7) is 1.27. The minimum absolute atomic E-state index is 0.222. The van der Waals surface area contributed by atoms with Gasteiger partial charge in [0.25, 0.3) is 5.91 Å². The lowest BCUT2D eigenvalue weighted by Gasteiger charge is -2.32. The van der Waals surface area contributed by atoms with Crippen LogP contribution in [0.4, 0.5) is 0 Å². The number of benzene rings is 1. The van der Waals surface area contributed by atoms with Crippen LogP contribution in [0.1, 0.15) is 23.2 Å². The Labute approximate surface area is 125 Å². The molecule has 0 spiro atoms. The maximum Gasteiger partial charge on any atom is 0.251 e. The highest BCUT2D eigenvalue weighted by atomic mass is 79.9. The smallest absolute Gasteiger partial charge is 0.251 e. The number of ether oxygens (including phenoxy) is 1. The van der Waals surface area contributed by atoms with Gasteiger partial charge in [-0.15, -0.1) is 0 Å². The molecule has 2 rings (SSSR count). The Morgan fingerprint density at radius 3 is 2.74 bits per heavy atom. The summed E-state index contributed by atoms with van der Waals surface area (Å²) in [6.07, 6.45) is 1.07. The van der Waals surface area contributed by atoms with Gasteiger partial charge >= 0.3 is 0 Å². The number of halogens is 2. The van der Waals surface area contributed by atoms with Crippen molar-refractivity contribution < 1.29 is 14.6 Å². The van der Waals surface area contributed by atoms with Gasteiger partial charge in [-0.3, -0.25) is 4.79 Å². The van der Waals surface area contributed by atoms with E-state index in [0.717, 1.165) is 4.47 Å². The lowest BCUT2D eigenvalue weighted by atomic mass is 9.94. The van der Waals surface area contributed by atoms with Gasteiger partial charge in [0, 0.05) is 47.7 Å². The molecule has 0 aliphatic carbocycles. The molecule has 1 aliphatic heterocycles. The Morgan fingerprint density at radius 1 is 1.42 bits per heavy atom. The normalized spacial score (nSPS) is 18.1. The summed E-state index contributed by atoms with van der Waals surface area (Å²) in [5.41, 5.74) is -0.404. The van der Waals surface area contributed by atoms with Gasteiger partial charge < -0.3 is 15.2 Å². The zero-order valence-corrected chi connectivity index (χ0v) is 12.6. The Kier molecular flexibility index (Phi) is 4.84. The van der Waals surface area contributed by atoms with Crippen LogP contribution in [-0.4, -0.2) is 36.4 Å². The van der Waals surface area contributed by atoms with Crippen molar-refractivity contribution in [1.29, 1.82) is 0 Å². The second kappa shape index (κ2) is 6.22. The van der Waals surface area contributed by atoms with Gasteiger partial charge in [-0.25, -0.2) is 0 Å². The number of nitrogens with one attached hydrogen (secondary N) is 1. The average molecular weight is 349 g/mol. The van der Waals surface area contributed by atoms with Crippen LogP contribution in [0.3, 0.4) is 0 Å². The number of hydrogen-bond donors (Lipinski definition) is 2. The summed E-state index contributed by atoms with van der Waals surface area (Å²) in [5.74, 6) is -0.247. The fourth-order valence-corrected chi connectivity index (χ4v) is 2.82. The van der Waals surface area contributed by atoms with Gasteiger partial charge in [-0.2, -0.15) is 0 Å². The first-order valence-corrected chi connectivity index (χ1v) is 7.20. The molecule has 4 nitrogen and oxygen atoms in total. The minimum atomic E-state index is -0.871. The number of rotatable bonds is 3. The van der Waals surface area contributed by atoms with E-state index < -0.39 is 5.60 Å². The predicted octanol–water partition coefficient (Wildman–Crippen LogP) is 2.37. The summed E-state index contributed by atoms with van der Waals surface area (Å²) in [4.78, 5) is 12.0. The summed E-state index contributed by atoms with van der Waals surface area (Å²) in [7, 11) is 0. The van der Waals surface area contributed by atoms with Gasteiger partial charge in [-0.05, 0) is 18.2 Å². The van der Waals surface area contributed by atoms with Crippen molar-refractivity contribution in [3.05, 3.63) is 33.3 Å². The molecule has 1 aliphatic rings. The number of carbonyl (C=O) groups excluding carboxylic acids is 1. The first kappa shape index (κ1) is 14.8. The highest BCUT2D eigenvalue weighted by Crippen LogP contribution is 2.21. The number of hydrogen-bond acceptors (Lipinski definition) is 3. The van der Waals surface area contributed by atoms with Crippen molar-refractivity contribution >= 4 is 33.4 Å². The van der Waals surface area contributed by atoms with Crippen LogP contribution in [-0.2, 0) is 4.74 Å². The molecule has 0 aromatic heterocycles. The van der Waals surface area contributed by atoms with Crippen molar-refractivity contribution in [2.24, 2.45) is 0 Å². The van der Waals surface area contributed by atoms with E-state index in [-0.39, 0.29) is 12.5 Å². The van der Waals surface area contributed by atoms with Crippen LogP contribution in [0, 0.1) is 0 Å². The van der Waals surface area contributed by atoms with Crippen molar-refractivity contribution in [2.45, 2.75) is 18.4 Å². The molecule has 2 N–H and O–H groups in total. The molecule has 1 heterocycles. The van der Waals surface area contributed by atoms with Crippen molar-refractivity contribution in [2.75, 3.05) is 19.8 Å². The molecule has 1 amide bonds. The first-order valence-electron chi connectivity index (χ1n) is 6.03. The number of amides is 1. The van der Waals surface area contributed by atoms with E-state index in [1.165, 1.54) is 0 Å². The Hall–Kier alpha value is -0.620. The van der Waals surface area contributed by atoms with Crippen LogP contribution >= 0.6 is 27.5 Å². The highest BCUT2D eigenvalue weighted by molar-refractivity contribution is 9.10. The lowest BCUT2D eigenvalue weighted by Crippen LogP contribution is -2.46. The van der Waals surface area contributed by atoms with Crippen LogP contribution < -0.4 is 5.32 Å². The summed E-state index contributed by atoms with van der Waals surface area (Å²) >= 11 is 9.18. The zero-order chi connectivity index (χ0) is 13.9. The summed E-state index contributed by atoms with van der Waals surface area (Å²) in [5, 5.41) is 13.5. The standard InChI is InChI=1S/C13H15BrClNO3/c14-10-5-9(6-11(15)7-10)12(17)16-8-13(18)1-3-19-4-2-13/h5-7,18H,1-4,8H2,(H,16,17). The zero-order valence-electron chi connectivity index (χ0n) is 10.3. The lowest BCUT2D eigenvalue weighted by molar-refractivity contribution is -0.0605. The maximum atomic E-state index is 12.0. The molecule has 6 heteroatoms. The third-order valence-corrected chi connectivity index (χ3v) is 3.80. The Balaban J connectivity index is 1.97. The predicted molar refractivity (Wildman–Crippen MR) is 76.5 cm³/mol. The van der Waals surface area contributed by atoms with Crippen molar-refractivity contribution in [3.8, 4) is 0 Å². The molecule has 19 heavy (non-hydrogen) atoms. The molecule has 0 bridgehead atoms. The second-order valence-electron chi connectivity index (χ2n) is 4.68. The number of carbonyl (C=O) groups is 1. The largest absolute Gasteiger partial charge is 0.388 e. The third-order valence-electron chi connectivity index (χ3n) is 3.13. The number of aliphatic hydroxyl groups is 1.